The second kappa shape index (κ2) is 7.89. The maximum atomic E-state index is 12.1. The number of carboxylic acid groups (broad SMARTS) is 1. The van der Waals surface area contributed by atoms with Gasteiger partial charge in [0.05, 0.1) is 6.04 Å². The lowest BCUT2D eigenvalue weighted by Gasteiger charge is -2.25. The molecule has 112 valence electrons. The Balaban J connectivity index is 2.47. The molecule has 0 radical (unpaired) electrons. The van der Waals surface area contributed by atoms with Crippen molar-refractivity contribution in [3.05, 3.63) is 22.4 Å². The van der Waals surface area contributed by atoms with Gasteiger partial charge in [0.25, 0.3) is 0 Å². The number of aliphatic carboxylic acids is 1. The molecule has 0 saturated carbocycles. The van der Waals surface area contributed by atoms with E-state index in [0.717, 1.165) is 11.3 Å². The van der Waals surface area contributed by atoms with Crippen LogP contribution in [0.2, 0.25) is 0 Å². The molecule has 1 aromatic heterocycles. The highest BCUT2D eigenvalue weighted by Gasteiger charge is 2.19. The van der Waals surface area contributed by atoms with Crippen molar-refractivity contribution in [1.29, 1.82) is 0 Å². The van der Waals surface area contributed by atoms with Crippen molar-refractivity contribution in [2.24, 2.45) is 5.92 Å². The zero-order chi connectivity index (χ0) is 15.1. The first-order chi connectivity index (χ1) is 9.45. The van der Waals surface area contributed by atoms with Crippen LogP contribution in [-0.4, -0.2) is 35.6 Å². The van der Waals surface area contributed by atoms with Crippen molar-refractivity contribution < 1.29 is 14.7 Å². The van der Waals surface area contributed by atoms with Gasteiger partial charge in [-0.2, -0.15) is 0 Å². The Morgan fingerprint density at radius 3 is 2.70 bits per heavy atom. The fourth-order valence-corrected chi connectivity index (χ4v) is 2.69. The molecule has 0 bridgehead atoms. The number of carbonyl (C=O) groups excluding carboxylic acids is 1. The molecule has 1 aromatic rings. The van der Waals surface area contributed by atoms with Gasteiger partial charge in [0.15, 0.2) is 0 Å². The van der Waals surface area contributed by atoms with Gasteiger partial charge < -0.3 is 15.3 Å². The van der Waals surface area contributed by atoms with Crippen molar-refractivity contribution in [3.63, 3.8) is 0 Å². The van der Waals surface area contributed by atoms with E-state index < -0.39 is 5.97 Å². The third-order valence-electron chi connectivity index (χ3n) is 3.44. The van der Waals surface area contributed by atoms with Gasteiger partial charge in [0.1, 0.15) is 0 Å². The van der Waals surface area contributed by atoms with E-state index in [1.165, 1.54) is 0 Å². The molecule has 2 atom stereocenters. The van der Waals surface area contributed by atoms with Gasteiger partial charge in [-0.15, -0.1) is 11.3 Å². The monoisotopic (exact) mass is 298 g/mol. The lowest BCUT2D eigenvalue weighted by Crippen LogP contribution is -2.40. The van der Waals surface area contributed by atoms with Crippen LogP contribution in [0.25, 0.3) is 0 Å². The van der Waals surface area contributed by atoms with E-state index in [1.807, 2.05) is 31.4 Å². The molecule has 6 heteroatoms. The Kier molecular flexibility index (Phi) is 6.51. The van der Waals surface area contributed by atoms with Gasteiger partial charge in [-0.05, 0) is 24.3 Å². The highest BCUT2D eigenvalue weighted by atomic mass is 32.1. The van der Waals surface area contributed by atoms with Crippen molar-refractivity contribution in [2.75, 3.05) is 13.6 Å². The van der Waals surface area contributed by atoms with Crippen LogP contribution in [0.4, 0.5) is 4.79 Å². The van der Waals surface area contributed by atoms with Crippen molar-refractivity contribution in [1.82, 2.24) is 10.2 Å². The zero-order valence-electron chi connectivity index (χ0n) is 12.1. The number of carbonyl (C=O) groups is 2. The molecular formula is C14H22N2O3S. The molecule has 0 saturated heterocycles. The molecule has 2 N–H and O–H groups in total. The van der Waals surface area contributed by atoms with Gasteiger partial charge >= 0.3 is 12.0 Å². The number of thiophene rings is 1. The third kappa shape index (κ3) is 4.85. The number of nitrogens with one attached hydrogen (secondary N) is 1. The largest absolute Gasteiger partial charge is 0.481 e. The normalized spacial score (nSPS) is 13.6. The number of nitrogens with zero attached hydrogens (tertiary/aromatic N) is 1. The van der Waals surface area contributed by atoms with E-state index >= 15 is 0 Å². The predicted molar refractivity (Wildman–Crippen MR) is 79.9 cm³/mol. The molecule has 0 fully saturated rings. The highest BCUT2D eigenvalue weighted by Crippen LogP contribution is 2.23. The Bertz CT molecular complexity index is 434. The molecule has 0 aliphatic heterocycles. The van der Waals surface area contributed by atoms with E-state index in [0.29, 0.717) is 6.54 Å². The second-order valence-corrected chi connectivity index (χ2v) is 5.84. The van der Waals surface area contributed by atoms with Crippen LogP contribution in [0.1, 0.15) is 37.6 Å². The Labute approximate surface area is 123 Å². The molecule has 2 amide bonds. The summed E-state index contributed by atoms with van der Waals surface area (Å²) < 4.78 is 0. The molecule has 1 rings (SSSR count). The number of carboxylic acids is 1. The average Bonchev–Trinajstić information content (AvgIpc) is 2.94. The van der Waals surface area contributed by atoms with Crippen LogP contribution in [0, 0.1) is 5.92 Å². The number of amides is 2. The topological polar surface area (TPSA) is 69.6 Å². The van der Waals surface area contributed by atoms with E-state index in [1.54, 1.807) is 23.3 Å². The zero-order valence-corrected chi connectivity index (χ0v) is 12.9. The molecule has 0 aromatic carbocycles. The summed E-state index contributed by atoms with van der Waals surface area (Å²) >= 11 is 1.61. The van der Waals surface area contributed by atoms with Crippen molar-refractivity contribution in [3.8, 4) is 0 Å². The Hall–Kier alpha value is -1.56. The van der Waals surface area contributed by atoms with Crippen LogP contribution >= 0.6 is 11.3 Å². The summed E-state index contributed by atoms with van der Waals surface area (Å²) in [5.41, 5.74) is 0. The highest BCUT2D eigenvalue weighted by molar-refractivity contribution is 7.10. The molecule has 1 heterocycles. The maximum Gasteiger partial charge on any atom is 0.317 e. The maximum absolute atomic E-state index is 12.1. The van der Waals surface area contributed by atoms with Gasteiger partial charge in [0, 0.05) is 24.9 Å². The first kappa shape index (κ1) is 16.5. The van der Waals surface area contributed by atoms with Crippen LogP contribution in [0.3, 0.4) is 0 Å². The van der Waals surface area contributed by atoms with Gasteiger partial charge in [0.2, 0.25) is 0 Å². The van der Waals surface area contributed by atoms with E-state index in [2.05, 4.69) is 5.32 Å². The van der Waals surface area contributed by atoms with Crippen LogP contribution in [0.15, 0.2) is 17.5 Å². The molecule has 0 aliphatic carbocycles. The summed E-state index contributed by atoms with van der Waals surface area (Å²) in [4.78, 5) is 25.5. The molecule has 5 nitrogen and oxygen atoms in total. The predicted octanol–water partition coefficient (Wildman–Crippen LogP) is 2.95. The van der Waals surface area contributed by atoms with Crippen LogP contribution < -0.4 is 5.32 Å². The summed E-state index contributed by atoms with van der Waals surface area (Å²) in [6, 6.07) is 3.80. The first-order valence-electron chi connectivity index (χ1n) is 6.71. The summed E-state index contributed by atoms with van der Waals surface area (Å²) in [5.74, 6) is -0.853. The summed E-state index contributed by atoms with van der Waals surface area (Å²) in [5, 5.41) is 13.6. The third-order valence-corrected chi connectivity index (χ3v) is 4.48. The fraction of sp³-hybridized carbons (Fsp3) is 0.571. The lowest BCUT2D eigenvalue weighted by molar-refractivity contribution is -0.138. The van der Waals surface area contributed by atoms with Crippen LogP contribution in [0.5, 0.6) is 0 Å². The summed E-state index contributed by atoms with van der Waals surface area (Å²) in [7, 11) is 1.75. The summed E-state index contributed by atoms with van der Waals surface area (Å²) in [6.07, 6.45) is 0.817. The van der Waals surface area contributed by atoms with E-state index in [9.17, 15) is 9.59 Å². The number of hydrogen-bond acceptors (Lipinski definition) is 3. The van der Waals surface area contributed by atoms with Gasteiger partial charge in [-0.3, -0.25) is 4.79 Å². The number of rotatable bonds is 7. The lowest BCUT2D eigenvalue weighted by atomic mass is 10.0. The van der Waals surface area contributed by atoms with E-state index in [4.69, 9.17) is 5.11 Å². The smallest absolute Gasteiger partial charge is 0.317 e. The molecular weight excluding hydrogens is 276 g/mol. The minimum atomic E-state index is -0.827. The standard InChI is InChI=1S/C14H22N2O3S/c1-4-11(8-13(17)18)9-15-14(19)16(3)10(2)12-6-5-7-20-12/h5-7,10-11H,4,8-9H2,1-3H3,(H,15,19)(H,17,18). The fourth-order valence-electron chi connectivity index (χ4n) is 1.86. The number of hydrogen-bond donors (Lipinski definition) is 2. The van der Waals surface area contributed by atoms with Crippen molar-refractivity contribution >= 4 is 23.3 Å². The van der Waals surface area contributed by atoms with Crippen molar-refractivity contribution in [2.45, 2.75) is 32.7 Å². The Morgan fingerprint density at radius 2 is 2.20 bits per heavy atom. The average molecular weight is 298 g/mol. The quantitative estimate of drug-likeness (QED) is 0.813. The minimum Gasteiger partial charge on any atom is -0.481 e. The van der Waals surface area contributed by atoms with Crippen LogP contribution in [-0.2, 0) is 4.79 Å². The number of urea groups is 1. The molecule has 0 aliphatic rings. The second-order valence-electron chi connectivity index (χ2n) is 4.86. The molecule has 2 unspecified atom stereocenters. The van der Waals surface area contributed by atoms with Gasteiger partial charge in [-0.1, -0.05) is 19.4 Å². The Morgan fingerprint density at radius 1 is 1.50 bits per heavy atom. The van der Waals surface area contributed by atoms with Gasteiger partial charge in [-0.25, -0.2) is 4.79 Å². The molecule has 0 spiro atoms. The SMILES string of the molecule is CCC(CNC(=O)N(C)C(C)c1cccs1)CC(=O)O. The molecule has 20 heavy (non-hydrogen) atoms. The summed E-state index contributed by atoms with van der Waals surface area (Å²) in [6.45, 7) is 4.29. The minimum absolute atomic E-state index is 0.00884. The first-order valence-corrected chi connectivity index (χ1v) is 7.59. The van der Waals surface area contributed by atoms with E-state index in [-0.39, 0.29) is 24.4 Å².